The second-order valence-corrected chi connectivity index (χ2v) is 6.63. The molecule has 0 amide bonds. The normalized spacial score (nSPS) is 18.3. The van der Waals surface area contributed by atoms with E-state index in [0.29, 0.717) is 6.04 Å². The summed E-state index contributed by atoms with van der Waals surface area (Å²) in [6.07, 6.45) is 3.91. The summed E-state index contributed by atoms with van der Waals surface area (Å²) in [7, 11) is 1.69. The van der Waals surface area contributed by atoms with E-state index >= 15 is 0 Å². The number of benzene rings is 1. The van der Waals surface area contributed by atoms with Gasteiger partial charge < -0.3 is 14.8 Å². The van der Waals surface area contributed by atoms with Gasteiger partial charge in [0.2, 0.25) is 0 Å². The van der Waals surface area contributed by atoms with Crippen molar-refractivity contribution in [2.75, 3.05) is 26.7 Å². The lowest BCUT2D eigenvalue weighted by Crippen LogP contribution is -2.45. The topological polar surface area (TPSA) is 46.6 Å². The highest BCUT2D eigenvalue weighted by atomic mass is 16.5. The SMILES string of the molecule is COc1cc(CN2CCNCC2c2cccnc2)ccc1OC(C)C. The van der Waals surface area contributed by atoms with Crippen molar-refractivity contribution in [3.05, 3.63) is 53.9 Å². The Balaban J connectivity index is 1.77. The minimum Gasteiger partial charge on any atom is -0.493 e. The molecule has 1 atom stereocenters. The maximum Gasteiger partial charge on any atom is 0.161 e. The number of rotatable bonds is 6. The van der Waals surface area contributed by atoms with E-state index in [-0.39, 0.29) is 6.10 Å². The zero-order valence-electron chi connectivity index (χ0n) is 15.2. The predicted molar refractivity (Wildman–Crippen MR) is 99.0 cm³/mol. The van der Waals surface area contributed by atoms with Crippen LogP contribution in [0.4, 0.5) is 0 Å². The Labute approximate surface area is 150 Å². The summed E-state index contributed by atoms with van der Waals surface area (Å²) in [5.41, 5.74) is 2.48. The van der Waals surface area contributed by atoms with E-state index in [2.05, 4.69) is 33.4 Å². The van der Waals surface area contributed by atoms with Gasteiger partial charge in [-0.3, -0.25) is 9.88 Å². The highest BCUT2D eigenvalue weighted by molar-refractivity contribution is 5.43. The van der Waals surface area contributed by atoms with Gasteiger partial charge in [0.1, 0.15) is 0 Å². The van der Waals surface area contributed by atoms with Gasteiger partial charge >= 0.3 is 0 Å². The zero-order valence-corrected chi connectivity index (χ0v) is 15.2. The fourth-order valence-corrected chi connectivity index (χ4v) is 3.23. The Hall–Kier alpha value is -2.11. The van der Waals surface area contributed by atoms with Crippen LogP contribution in [0.3, 0.4) is 0 Å². The molecule has 1 fully saturated rings. The minimum atomic E-state index is 0.128. The molecule has 5 heteroatoms. The van der Waals surface area contributed by atoms with Crippen molar-refractivity contribution < 1.29 is 9.47 Å². The van der Waals surface area contributed by atoms with Crippen LogP contribution in [0, 0.1) is 0 Å². The molecule has 1 aliphatic rings. The van der Waals surface area contributed by atoms with E-state index in [9.17, 15) is 0 Å². The summed E-state index contributed by atoms with van der Waals surface area (Å²) < 4.78 is 11.3. The number of pyridine rings is 1. The summed E-state index contributed by atoms with van der Waals surface area (Å²) >= 11 is 0. The maximum absolute atomic E-state index is 5.81. The molecule has 1 unspecified atom stereocenters. The standard InChI is InChI=1S/C20H27N3O2/c1-15(2)25-19-7-6-16(11-20(19)24-3)14-23-10-9-22-13-18(23)17-5-4-8-21-12-17/h4-8,11-12,15,18,22H,9-10,13-14H2,1-3H3. The van der Waals surface area contributed by atoms with Crippen LogP contribution in [0.25, 0.3) is 0 Å². The highest BCUT2D eigenvalue weighted by Gasteiger charge is 2.24. The van der Waals surface area contributed by atoms with Crippen molar-refractivity contribution in [2.45, 2.75) is 32.5 Å². The summed E-state index contributed by atoms with van der Waals surface area (Å²) in [6, 6.07) is 10.7. The molecule has 25 heavy (non-hydrogen) atoms. The van der Waals surface area contributed by atoms with Gasteiger partial charge in [0, 0.05) is 44.6 Å². The number of aromatic nitrogens is 1. The third-order valence-electron chi connectivity index (χ3n) is 4.40. The molecule has 1 aliphatic heterocycles. The Morgan fingerprint density at radius 3 is 2.88 bits per heavy atom. The monoisotopic (exact) mass is 341 g/mol. The smallest absolute Gasteiger partial charge is 0.161 e. The van der Waals surface area contributed by atoms with Gasteiger partial charge in [0.05, 0.1) is 13.2 Å². The van der Waals surface area contributed by atoms with Crippen LogP contribution in [0.5, 0.6) is 11.5 Å². The molecule has 0 radical (unpaired) electrons. The first kappa shape index (κ1) is 17.7. The second-order valence-electron chi connectivity index (χ2n) is 6.63. The van der Waals surface area contributed by atoms with Crippen LogP contribution in [0.15, 0.2) is 42.7 Å². The molecule has 0 bridgehead atoms. The molecule has 134 valence electrons. The molecule has 1 saturated heterocycles. The van der Waals surface area contributed by atoms with Crippen molar-refractivity contribution >= 4 is 0 Å². The molecule has 2 aromatic rings. The number of nitrogens with zero attached hydrogens (tertiary/aromatic N) is 2. The van der Waals surface area contributed by atoms with Crippen LogP contribution in [0.1, 0.15) is 31.0 Å². The molecule has 1 N–H and O–H groups in total. The summed E-state index contributed by atoms with van der Waals surface area (Å²) in [6.45, 7) is 7.87. The number of hydrogen-bond donors (Lipinski definition) is 1. The average molecular weight is 341 g/mol. The van der Waals surface area contributed by atoms with Crippen molar-refractivity contribution in [2.24, 2.45) is 0 Å². The molecule has 3 rings (SSSR count). The molecule has 0 spiro atoms. The molecule has 5 nitrogen and oxygen atoms in total. The van der Waals surface area contributed by atoms with E-state index in [0.717, 1.165) is 37.7 Å². The molecule has 0 saturated carbocycles. The second kappa shape index (κ2) is 8.32. The molecule has 0 aliphatic carbocycles. The summed E-state index contributed by atoms with van der Waals surface area (Å²) in [5, 5.41) is 3.49. The number of hydrogen-bond acceptors (Lipinski definition) is 5. The van der Waals surface area contributed by atoms with Gasteiger partial charge in [-0.05, 0) is 43.2 Å². The largest absolute Gasteiger partial charge is 0.493 e. The lowest BCUT2D eigenvalue weighted by atomic mass is 10.0. The van der Waals surface area contributed by atoms with Crippen LogP contribution < -0.4 is 14.8 Å². The number of methoxy groups -OCH3 is 1. The lowest BCUT2D eigenvalue weighted by molar-refractivity contribution is 0.153. The highest BCUT2D eigenvalue weighted by Crippen LogP contribution is 2.31. The van der Waals surface area contributed by atoms with E-state index < -0.39 is 0 Å². The molecule has 1 aromatic carbocycles. The molecular weight excluding hydrogens is 314 g/mol. The summed E-state index contributed by atoms with van der Waals surface area (Å²) in [4.78, 5) is 6.77. The Morgan fingerprint density at radius 2 is 2.16 bits per heavy atom. The lowest BCUT2D eigenvalue weighted by Gasteiger charge is -2.36. The van der Waals surface area contributed by atoms with E-state index in [1.54, 1.807) is 7.11 Å². The van der Waals surface area contributed by atoms with E-state index in [1.165, 1.54) is 11.1 Å². The number of piperazine rings is 1. The third kappa shape index (κ3) is 4.50. The fourth-order valence-electron chi connectivity index (χ4n) is 3.23. The maximum atomic E-state index is 5.81. The third-order valence-corrected chi connectivity index (χ3v) is 4.40. The van der Waals surface area contributed by atoms with Gasteiger partial charge in [0.25, 0.3) is 0 Å². The Bertz CT molecular complexity index is 676. The van der Waals surface area contributed by atoms with Gasteiger partial charge in [-0.2, -0.15) is 0 Å². The van der Waals surface area contributed by atoms with Gasteiger partial charge in [-0.1, -0.05) is 12.1 Å². The van der Waals surface area contributed by atoms with Gasteiger partial charge in [0.15, 0.2) is 11.5 Å². The first-order valence-electron chi connectivity index (χ1n) is 8.85. The summed E-state index contributed by atoms with van der Waals surface area (Å²) in [5.74, 6) is 1.59. The zero-order chi connectivity index (χ0) is 17.6. The van der Waals surface area contributed by atoms with E-state index in [4.69, 9.17) is 9.47 Å². The van der Waals surface area contributed by atoms with Crippen molar-refractivity contribution in [1.82, 2.24) is 15.2 Å². The minimum absolute atomic E-state index is 0.128. The molecular formula is C20H27N3O2. The van der Waals surface area contributed by atoms with Crippen LogP contribution in [-0.2, 0) is 6.54 Å². The van der Waals surface area contributed by atoms with E-state index in [1.807, 2.05) is 38.4 Å². The van der Waals surface area contributed by atoms with Crippen molar-refractivity contribution in [3.63, 3.8) is 0 Å². The quantitative estimate of drug-likeness (QED) is 0.875. The molecule has 2 heterocycles. The Kier molecular flexibility index (Phi) is 5.89. The van der Waals surface area contributed by atoms with Crippen LogP contribution in [-0.4, -0.2) is 42.7 Å². The van der Waals surface area contributed by atoms with Gasteiger partial charge in [-0.25, -0.2) is 0 Å². The number of nitrogens with one attached hydrogen (secondary N) is 1. The van der Waals surface area contributed by atoms with Crippen molar-refractivity contribution in [3.8, 4) is 11.5 Å². The average Bonchev–Trinajstić information content (AvgIpc) is 2.64. The van der Waals surface area contributed by atoms with Gasteiger partial charge in [-0.15, -0.1) is 0 Å². The number of ether oxygens (including phenoxy) is 2. The van der Waals surface area contributed by atoms with Crippen LogP contribution >= 0.6 is 0 Å². The first-order valence-corrected chi connectivity index (χ1v) is 8.85. The Morgan fingerprint density at radius 1 is 1.28 bits per heavy atom. The van der Waals surface area contributed by atoms with Crippen molar-refractivity contribution in [1.29, 1.82) is 0 Å². The fraction of sp³-hybridized carbons (Fsp3) is 0.450. The van der Waals surface area contributed by atoms with Crippen LogP contribution in [0.2, 0.25) is 0 Å². The molecule has 1 aromatic heterocycles. The predicted octanol–water partition coefficient (Wildman–Crippen LogP) is 3.02. The first-order chi connectivity index (χ1) is 12.2.